The number of amides is 4. The number of hydrogen-bond acceptors (Lipinski definition) is 8. The van der Waals surface area contributed by atoms with Gasteiger partial charge in [0.05, 0.1) is 49.6 Å². The van der Waals surface area contributed by atoms with Crippen LogP contribution in [0.1, 0.15) is 75.4 Å². The van der Waals surface area contributed by atoms with Gasteiger partial charge in [-0.2, -0.15) is 0 Å². The summed E-state index contributed by atoms with van der Waals surface area (Å²) >= 11 is 0. The first-order valence-electron chi connectivity index (χ1n) is 20.3. The van der Waals surface area contributed by atoms with E-state index in [1.165, 1.54) is 7.11 Å². The van der Waals surface area contributed by atoms with E-state index < -0.39 is 30.3 Å². The summed E-state index contributed by atoms with van der Waals surface area (Å²) in [6.45, 7) is 6.68. The monoisotopic (exact) mass is 816 g/mol. The summed E-state index contributed by atoms with van der Waals surface area (Å²) in [5.74, 6) is 0.758. The Morgan fingerprint density at radius 3 is 1.88 bits per heavy atom. The molecule has 2 aliphatic rings. The van der Waals surface area contributed by atoms with E-state index in [1.54, 1.807) is 48.7 Å². The smallest absolute Gasteiger partial charge is 0.407 e. The number of benzene rings is 3. The van der Waals surface area contributed by atoms with E-state index >= 15 is 0 Å². The van der Waals surface area contributed by atoms with Crippen molar-refractivity contribution in [3.8, 4) is 33.6 Å². The average Bonchev–Trinajstić information content (AvgIpc) is 4.09. The number of H-pyrrole nitrogens is 2. The molecular formula is C45H52N8O7. The predicted octanol–water partition coefficient (Wildman–Crippen LogP) is 7.11. The number of likely N-dealkylation sites (tertiary alicyclic amines) is 2. The number of aromatic amines is 2. The van der Waals surface area contributed by atoms with E-state index in [-0.39, 0.29) is 35.7 Å². The highest BCUT2D eigenvalue weighted by Crippen LogP contribution is 2.39. The van der Waals surface area contributed by atoms with Crippen LogP contribution in [0, 0.1) is 11.8 Å². The first kappa shape index (κ1) is 41.7. The summed E-state index contributed by atoms with van der Waals surface area (Å²) < 4.78 is 10.2. The maximum Gasteiger partial charge on any atom is 0.407 e. The normalized spacial score (nSPS) is 19.9. The lowest BCUT2D eigenvalue weighted by molar-refractivity contribution is -0.137. The van der Waals surface area contributed by atoms with Gasteiger partial charge in [-0.1, -0.05) is 92.7 Å². The van der Waals surface area contributed by atoms with E-state index in [9.17, 15) is 24.3 Å². The maximum absolute atomic E-state index is 14.0. The Kier molecular flexibility index (Phi) is 12.6. The molecule has 3 aromatic carbocycles. The van der Waals surface area contributed by atoms with Gasteiger partial charge in [0.2, 0.25) is 5.91 Å². The van der Waals surface area contributed by atoms with Crippen LogP contribution in [-0.2, 0) is 19.1 Å². The Bertz CT molecular complexity index is 2270. The molecule has 0 spiro atoms. The van der Waals surface area contributed by atoms with Crippen molar-refractivity contribution < 1.29 is 33.8 Å². The standard InChI is InChI=1S/C45H52N8O7/c1-26(2)38(51-45(58)60-5)43(55)53-27(3)11-20-36(53)40-46-22-34(48-40)31-16-12-29(13-17-31)30-14-18-32(19-15-30)35-23-47-41(49-35)37-21-28(25-59-4)24-52(37)42(54)39(50-44(56)57)33-9-7-6-8-10-33/h6-10,12-19,22-23,26-28,36-39,50H,11,20-21,24-25H2,1-5H3,(H,46,48)(H,47,49)(H,51,58)(H,56,57)/t27?,28-,36+,37-,38-,39?/m0/s1. The molecule has 60 heavy (non-hydrogen) atoms. The van der Waals surface area contributed by atoms with Crippen molar-refractivity contribution in [1.29, 1.82) is 0 Å². The van der Waals surface area contributed by atoms with Gasteiger partial charge in [-0.3, -0.25) is 9.59 Å². The molecule has 0 radical (unpaired) electrons. The number of alkyl carbamates (subject to hydrolysis) is 1. The van der Waals surface area contributed by atoms with Crippen LogP contribution in [0.3, 0.4) is 0 Å². The number of carboxylic acid groups (broad SMARTS) is 1. The van der Waals surface area contributed by atoms with E-state index in [2.05, 4.69) is 32.7 Å². The third-order valence-electron chi connectivity index (χ3n) is 11.6. The molecule has 5 N–H and O–H groups in total. The third-order valence-corrected chi connectivity index (χ3v) is 11.6. The van der Waals surface area contributed by atoms with Crippen molar-refractivity contribution in [2.75, 3.05) is 27.4 Å². The van der Waals surface area contributed by atoms with Crippen LogP contribution in [0.5, 0.6) is 0 Å². The van der Waals surface area contributed by atoms with Crippen molar-refractivity contribution in [1.82, 2.24) is 40.4 Å². The Morgan fingerprint density at radius 1 is 0.783 bits per heavy atom. The van der Waals surface area contributed by atoms with Crippen LogP contribution < -0.4 is 10.6 Å². The number of nitrogens with one attached hydrogen (secondary N) is 4. The first-order valence-corrected chi connectivity index (χ1v) is 20.3. The zero-order valence-corrected chi connectivity index (χ0v) is 34.4. The van der Waals surface area contributed by atoms with Gasteiger partial charge in [0.1, 0.15) is 23.7 Å². The van der Waals surface area contributed by atoms with Crippen molar-refractivity contribution in [3.63, 3.8) is 0 Å². The third kappa shape index (κ3) is 8.90. The highest BCUT2D eigenvalue weighted by Gasteiger charge is 2.42. The summed E-state index contributed by atoms with van der Waals surface area (Å²) in [6, 6.07) is 22.8. The lowest BCUT2D eigenvalue weighted by atomic mass is 10.0. The minimum Gasteiger partial charge on any atom is -0.465 e. The molecule has 314 valence electrons. The van der Waals surface area contributed by atoms with Crippen molar-refractivity contribution in [2.45, 2.75) is 70.2 Å². The Balaban J connectivity index is 1.04. The summed E-state index contributed by atoms with van der Waals surface area (Å²) in [5.41, 5.74) is 6.13. The molecule has 4 heterocycles. The zero-order chi connectivity index (χ0) is 42.5. The molecule has 0 aliphatic carbocycles. The van der Waals surface area contributed by atoms with Gasteiger partial charge in [0, 0.05) is 25.6 Å². The number of carbonyl (C=O) groups is 4. The molecule has 4 amide bonds. The molecule has 2 unspecified atom stereocenters. The van der Waals surface area contributed by atoms with Crippen molar-refractivity contribution in [2.24, 2.45) is 11.8 Å². The molecule has 7 rings (SSSR count). The summed E-state index contributed by atoms with van der Waals surface area (Å²) in [5, 5.41) is 14.7. The molecule has 2 aliphatic heterocycles. The Morgan fingerprint density at radius 2 is 1.35 bits per heavy atom. The second-order valence-corrected chi connectivity index (χ2v) is 15.9. The minimum atomic E-state index is -1.28. The summed E-state index contributed by atoms with van der Waals surface area (Å²) in [7, 11) is 2.92. The van der Waals surface area contributed by atoms with Gasteiger partial charge in [0.25, 0.3) is 5.91 Å². The lowest BCUT2D eigenvalue weighted by Gasteiger charge is -2.32. The van der Waals surface area contributed by atoms with Gasteiger partial charge in [-0.15, -0.1) is 0 Å². The fourth-order valence-electron chi connectivity index (χ4n) is 8.48. The highest BCUT2D eigenvalue weighted by molar-refractivity contribution is 5.88. The van der Waals surface area contributed by atoms with Gasteiger partial charge >= 0.3 is 12.2 Å². The number of ether oxygens (including phenoxy) is 2. The Hall–Kier alpha value is -6.48. The van der Waals surface area contributed by atoms with Gasteiger partial charge < -0.3 is 45.0 Å². The molecule has 2 fully saturated rings. The van der Waals surface area contributed by atoms with Crippen LogP contribution in [0.2, 0.25) is 0 Å². The van der Waals surface area contributed by atoms with Crippen molar-refractivity contribution >= 4 is 24.0 Å². The zero-order valence-electron chi connectivity index (χ0n) is 34.4. The topological polar surface area (TPSA) is 195 Å². The molecule has 2 saturated heterocycles. The van der Waals surface area contributed by atoms with Gasteiger partial charge in [0.15, 0.2) is 0 Å². The molecule has 5 aromatic rings. The minimum absolute atomic E-state index is 0.0113. The lowest BCUT2D eigenvalue weighted by Crippen LogP contribution is -2.52. The second-order valence-electron chi connectivity index (χ2n) is 15.9. The Labute approximate surface area is 348 Å². The van der Waals surface area contributed by atoms with E-state index in [0.29, 0.717) is 36.8 Å². The highest BCUT2D eigenvalue weighted by atomic mass is 16.5. The fourth-order valence-corrected chi connectivity index (χ4v) is 8.48. The van der Waals surface area contributed by atoms with Crippen molar-refractivity contribution in [3.05, 3.63) is 108 Å². The predicted molar refractivity (Wildman–Crippen MR) is 224 cm³/mol. The molecule has 2 aromatic heterocycles. The van der Waals surface area contributed by atoms with Crippen LogP contribution >= 0.6 is 0 Å². The largest absolute Gasteiger partial charge is 0.465 e. The first-order chi connectivity index (χ1) is 28.9. The number of carbonyl (C=O) groups excluding carboxylic acids is 3. The summed E-state index contributed by atoms with van der Waals surface area (Å²) in [4.78, 5) is 71.5. The molecule has 15 heteroatoms. The number of aromatic nitrogens is 4. The molecule has 15 nitrogen and oxygen atoms in total. The second kappa shape index (κ2) is 18.2. The number of imidazole rings is 2. The van der Waals surface area contributed by atoms with E-state index in [4.69, 9.17) is 19.4 Å². The number of methoxy groups -OCH3 is 2. The average molecular weight is 817 g/mol. The van der Waals surface area contributed by atoms with Crippen LogP contribution in [0.25, 0.3) is 33.6 Å². The fraction of sp³-hybridized carbons (Fsp3) is 0.378. The molecule has 0 bridgehead atoms. The summed E-state index contributed by atoms with van der Waals surface area (Å²) in [6.07, 6.45) is 3.84. The number of nitrogens with zero attached hydrogens (tertiary/aromatic N) is 4. The van der Waals surface area contributed by atoms with Gasteiger partial charge in [-0.05, 0) is 59.9 Å². The van der Waals surface area contributed by atoms with Crippen LogP contribution in [-0.4, -0.2) is 98.3 Å². The van der Waals surface area contributed by atoms with E-state index in [0.717, 1.165) is 46.5 Å². The quantitative estimate of drug-likeness (QED) is 0.0823. The maximum atomic E-state index is 14.0. The van der Waals surface area contributed by atoms with E-state index in [1.807, 2.05) is 68.1 Å². The van der Waals surface area contributed by atoms with Gasteiger partial charge in [-0.25, -0.2) is 19.6 Å². The molecular weight excluding hydrogens is 765 g/mol. The number of hydrogen-bond donors (Lipinski definition) is 5. The van der Waals surface area contributed by atoms with Crippen LogP contribution in [0.15, 0.2) is 91.3 Å². The van der Waals surface area contributed by atoms with Crippen LogP contribution in [0.4, 0.5) is 9.59 Å². The molecule has 0 saturated carbocycles. The molecule has 6 atom stereocenters. The SMILES string of the molecule is COC[C@H]1C[C@@H](c2ncc(-c3ccc(-c4ccc(-c5cnc([C@H]6CCC(C)N6C(=O)[C@@H](NC(=O)OC)C(C)C)[nH]5)cc4)cc3)[nH]2)N(C(=O)C(NC(=O)O)c2ccccc2)C1. The number of rotatable bonds is 13.